The maximum Gasteiger partial charge on any atom is 0.189 e. The summed E-state index contributed by atoms with van der Waals surface area (Å²) < 4.78 is 90.4. The molecule has 0 N–H and O–H groups in total. The molecule has 0 aromatic heterocycles. The van der Waals surface area contributed by atoms with E-state index in [1.165, 1.54) is 30.3 Å². The number of sulfone groups is 2. The predicted molar refractivity (Wildman–Crippen MR) is 114 cm³/mol. The lowest BCUT2D eigenvalue weighted by atomic mass is 9.76. The minimum atomic E-state index is -4.35. The van der Waals surface area contributed by atoms with Gasteiger partial charge in [-0.2, -0.15) is 0 Å². The summed E-state index contributed by atoms with van der Waals surface area (Å²) >= 11 is 5.91. The second-order valence-electron chi connectivity index (χ2n) is 7.74. The van der Waals surface area contributed by atoms with Gasteiger partial charge in [0.2, 0.25) is 0 Å². The molecule has 6 nitrogen and oxygen atoms in total. The van der Waals surface area contributed by atoms with Gasteiger partial charge in [0.25, 0.3) is 0 Å². The van der Waals surface area contributed by atoms with E-state index in [0.29, 0.717) is 5.02 Å². The Hall–Kier alpha value is -2.01. The Balaban J connectivity index is 2.00. The van der Waals surface area contributed by atoms with Gasteiger partial charge in [0, 0.05) is 29.2 Å². The van der Waals surface area contributed by atoms with Gasteiger partial charge in [-0.25, -0.2) is 25.6 Å². The number of halogens is 3. The molecule has 2 aliphatic rings. The highest BCUT2D eigenvalue weighted by atomic mass is 35.5. The summed E-state index contributed by atoms with van der Waals surface area (Å²) in [5, 5.41) is 1.21. The molecule has 0 radical (unpaired) electrons. The first kappa shape index (κ1) is 23.2. The molecule has 2 aromatic rings. The molecule has 0 unspecified atom stereocenters. The van der Waals surface area contributed by atoms with Crippen LogP contribution in [0.5, 0.6) is 5.75 Å². The highest BCUT2D eigenvalue weighted by Gasteiger charge is 2.61. The van der Waals surface area contributed by atoms with Crippen LogP contribution in [0, 0.1) is 17.6 Å². The van der Waals surface area contributed by atoms with Crippen LogP contribution in [-0.4, -0.2) is 42.4 Å². The zero-order valence-corrected chi connectivity index (χ0v) is 19.2. The van der Waals surface area contributed by atoms with Crippen molar-refractivity contribution in [2.45, 2.75) is 22.2 Å². The Kier molecular flexibility index (Phi) is 5.85. The Bertz CT molecular complexity index is 1290. The second kappa shape index (κ2) is 8.09. The van der Waals surface area contributed by atoms with E-state index in [1.54, 1.807) is 0 Å². The molecular formula is C21H19ClF2O6S2. The van der Waals surface area contributed by atoms with E-state index in [4.69, 9.17) is 21.1 Å². The average molecular weight is 505 g/mol. The van der Waals surface area contributed by atoms with E-state index in [9.17, 15) is 21.2 Å². The number of fused-ring (bicyclic) bond motifs is 3. The van der Waals surface area contributed by atoms with Gasteiger partial charge in [-0.15, -0.1) is 0 Å². The fraction of sp³-hybridized carbons (Fsp3) is 0.333. The lowest BCUT2D eigenvalue weighted by Gasteiger charge is -2.49. The van der Waals surface area contributed by atoms with Crippen molar-refractivity contribution in [3.8, 4) is 5.75 Å². The van der Waals surface area contributed by atoms with Crippen LogP contribution in [0.2, 0.25) is 5.02 Å². The van der Waals surface area contributed by atoms with E-state index in [2.05, 4.69) is 0 Å². The third-order valence-electron chi connectivity index (χ3n) is 5.79. The molecular weight excluding hydrogens is 486 g/mol. The molecule has 4 rings (SSSR count). The second-order valence-corrected chi connectivity index (χ2v) is 12.3. The van der Waals surface area contributed by atoms with Gasteiger partial charge in [0.1, 0.15) is 10.6 Å². The van der Waals surface area contributed by atoms with Crippen molar-refractivity contribution in [3.63, 3.8) is 0 Å². The summed E-state index contributed by atoms with van der Waals surface area (Å²) in [6, 6.07) is 7.11. The SMILES string of the molecule is CS(=O)(=O)/C=C\[C@@H]1OCC[C@@]2(S(=O)(=O)c3ccc(Cl)cc3)c3c(F)ccc(F)c3OC[C@@H]12. The number of benzene rings is 2. The molecule has 1 saturated heterocycles. The quantitative estimate of drug-likeness (QED) is 0.632. The third kappa shape index (κ3) is 3.72. The fourth-order valence-corrected chi connectivity index (χ4v) is 7.29. The topological polar surface area (TPSA) is 86.7 Å². The predicted octanol–water partition coefficient (Wildman–Crippen LogP) is 3.64. The molecule has 0 bridgehead atoms. The van der Waals surface area contributed by atoms with Crippen molar-refractivity contribution in [1.82, 2.24) is 0 Å². The molecule has 0 spiro atoms. The summed E-state index contributed by atoms with van der Waals surface area (Å²) in [7, 11) is -7.90. The van der Waals surface area contributed by atoms with Gasteiger partial charge >= 0.3 is 0 Å². The maximum absolute atomic E-state index is 15.2. The molecule has 3 atom stereocenters. The molecule has 2 aromatic carbocycles. The monoisotopic (exact) mass is 504 g/mol. The third-order valence-corrected chi connectivity index (χ3v) is 9.25. The smallest absolute Gasteiger partial charge is 0.189 e. The molecule has 2 aliphatic heterocycles. The molecule has 0 aliphatic carbocycles. The van der Waals surface area contributed by atoms with E-state index in [-0.39, 0.29) is 24.5 Å². The van der Waals surface area contributed by atoms with E-state index < -0.39 is 59.4 Å². The van der Waals surface area contributed by atoms with Crippen LogP contribution in [0.25, 0.3) is 0 Å². The van der Waals surface area contributed by atoms with E-state index in [1.807, 2.05) is 0 Å². The van der Waals surface area contributed by atoms with Crippen LogP contribution in [0.3, 0.4) is 0 Å². The fourth-order valence-electron chi connectivity index (χ4n) is 4.40. The molecule has 1 fully saturated rings. The van der Waals surface area contributed by atoms with Gasteiger partial charge in [0.05, 0.1) is 23.2 Å². The van der Waals surface area contributed by atoms with E-state index >= 15 is 4.39 Å². The number of rotatable bonds is 4. The zero-order chi connectivity index (χ0) is 23.3. The number of ether oxygens (including phenoxy) is 2. The van der Waals surface area contributed by atoms with Crippen molar-refractivity contribution < 1.29 is 35.1 Å². The van der Waals surface area contributed by atoms with Crippen molar-refractivity contribution >= 4 is 31.3 Å². The van der Waals surface area contributed by atoms with Gasteiger partial charge in [-0.3, -0.25) is 0 Å². The van der Waals surface area contributed by atoms with Crippen LogP contribution >= 0.6 is 11.6 Å². The standard InChI is InChI=1S/C21H19ClF2O6S2/c1-31(25,26)11-8-18-15-12-30-20-17(24)7-6-16(23)19(20)21(15,9-10-29-18)32(27,28)14-4-2-13(22)3-5-14/h2-8,11,15,18H,9-10,12H2,1H3/b11-8-/t15-,18-,21-/m0/s1. The maximum atomic E-state index is 15.2. The summed E-state index contributed by atoms with van der Waals surface area (Å²) in [5.74, 6) is -3.33. The minimum absolute atomic E-state index is 0.127. The first-order valence-electron chi connectivity index (χ1n) is 9.59. The van der Waals surface area contributed by atoms with Gasteiger partial charge in [-0.1, -0.05) is 11.6 Å². The van der Waals surface area contributed by atoms with Crippen molar-refractivity contribution in [2.75, 3.05) is 19.5 Å². The average Bonchev–Trinajstić information content (AvgIpc) is 2.73. The Morgan fingerprint density at radius 3 is 2.38 bits per heavy atom. The largest absolute Gasteiger partial charge is 0.490 e. The van der Waals surface area contributed by atoms with Crippen molar-refractivity contribution in [2.24, 2.45) is 5.92 Å². The van der Waals surface area contributed by atoms with Crippen LogP contribution in [0.1, 0.15) is 12.0 Å². The normalized spacial score (nSPS) is 25.8. The Morgan fingerprint density at radius 1 is 1.06 bits per heavy atom. The van der Waals surface area contributed by atoms with Crippen LogP contribution in [0.15, 0.2) is 52.8 Å². The zero-order valence-electron chi connectivity index (χ0n) is 16.8. The molecule has 11 heteroatoms. The summed E-state index contributed by atoms with van der Waals surface area (Å²) in [5.41, 5.74) is -0.412. The molecule has 0 amide bonds. The lowest BCUT2D eigenvalue weighted by Crippen LogP contribution is -2.57. The van der Waals surface area contributed by atoms with E-state index in [0.717, 1.165) is 23.8 Å². The van der Waals surface area contributed by atoms with Crippen LogP contribution < -0.4 is 4.74 Å². The Labute approximate surface area is 189 Å². The number of hydrogen-bond acceptors (Lipinski definition) is 6. The Morgan fingerprint density at radius 2 is 1.72 bits per heavy atom. The first-order chi connectivity index (χ1) is 15.0. The molecule has 172 valence electrons. The summed E-state index contributed by atoms with van der Waals surface area (Å²) in [6.07, 6.45) is 0.988. The van der Waals surface area contributed by atoms with Crippen molar-refractivity contribution in [1.29, 1.82) is 0 Å². The van der Waals surface area contributed by atoms with Gasteiger partial charge in [0.15, 0.2) is 31.2 Å². The lowest BCUT2D eigenvalue weighted by molar-refractivity contribution is -0.0479. The van der Waals surface area contributed by atoms with Gasteiger partial charge in [-0.05, 0) is 48.9 Å². The highest BCUT2D eigenvalue weighted by molar-refractivity contribution is 7.93. The van der Waals surface area contributed by atoms with Crippen LogP contribution in [-0.2, 0) is 29.2 Å². The van der Waals surface area contributed by atoms with Gasteiger partial charge < -0.3 is 9.47 Å². The van der Waals surface area contributed by atoms with Crippen molar-refractivity contribution in [3.05, 3.63) is 70.1 Å². The number of hydrogen-bond donors (Lipinski definition) is 0. The first-order valence-corrected chi connectivity index (χ1v) is 13.4. The molecule has 32 heavy (non-hydrogen) atoms. The summed E-state index contributed by atoms with van der Waals surface area (Å²) in [6.45, 7) is -0.448. The minimum Gasteiger partial charge on any atom is -0.490 e. The molecule has 0 saturated carbocycles. The summed E-state index contributed by atoms with van der Waals surface area (Å²) in [4.78, 5) is -0.129. The van der Waals surface area contributed by atoms with Crippen LogP contribution in [0.4, 0.5) is 8.78 Å². The molecule has 2 heterocycles. The highest BCUT2D eigenvalue weighted by Crippen LogP contribution is 2.55.